The van der Waals surface area contributed by atoms with E-state index < -0.39 is 0 Å². The van der Waals surface area contributed by atoms with Gasteiger partial charge in [-0.2, -0.15) is 15.2 Å². The predicted molar refractivity (Wildman–Crippen MR) is 164 cm³/mol. The van der Waals surface area contributed by atoms with E-state index in [0.717, 1.165) is 57.2 Å². The second-order valence-corrected chi connectivity index (χ2v) is 11.9. The second kappa shape index (κ2) is 12.0. The molecule has 3 unspecified atom stereocenters. The molecule has 0 bridgehead atoms. The third kappa shape index (κ3) is 5.96. The lowest BCUT2D eigenvalue weighted by Gasteiger charge is -2.42. The number of fused-ring (bicyclic) bond motifs is 2. The lowest BCUT2D eigenvalue weighted by atomic mass is 10.0. The van der Waals surface area contributed by atoms with Crippen LogP contribution in [0, 0.1) is 23.2 Å². The van der Waals surface area contributed by atoms with Gasteiger partial charge in [-0.05, 0) is 63.3 Å². The maximum absolute atomic E-state index is 9.54. The zero-order chi connectivity index (χ0) is 28.3. The zero-order valence-corrected chi connectivity index (χ0v) is 24.5. The minimum absolute atomic E-state index is 0.133. The number of anilines is 2. The van der Waals surface area contributed by atoms with Crippen molar-refractivity contribution in [1.29, 1.82) is 5.26 Å². The first-order valence-electron chi connectivity index (χ1n) is 14.9. The minimum Gasteiger partial charge on any atom is -0.463 e. The molecule has 41 heavy (non-hydrogen) atoms. The van der Waals surface area contributed by atoms with Crippen molar-refractivity contribution in [1.82, 2.24) is 19.8 Å². The van der Waals surface area contributed by atoms with Crippen molar-refractivity contribution in [3.05, 3.63) is 66.0 Å². The van der Waals surface area contributed by atoms with Crippen molar-refractivity contribution in [2.75, 3.05) is 63.2 Å². The molecule has 1 aliphatic carbocycles. The van der Waals surface area contributed by atoms with E-state index in [1.807, 2.05) is 6.92 Å². The highest BCUT2D eigenvalue weighted by atomic mass is 16.5. The van der Waals surface area contributed by atoms with Crippen LogP contribution in [0.1, 0.15) is 31.0 Å². The van der Waals surface area contributed by atoms with Crippen LogP contribution in [-0.2, 0) is 13.0 Å². The third-order valence-electron chi connectivity index (χ3n) is 8.72. The maximum Gasteiger partial charge on any atom is 0.318 e. The molecular formula is C33H41N7O. The number of rotatable bonds is 9. The molecule has 3 aliphatic rings. The standard InChI is InChI=1S/C33H41N7O/c1-4-15-38-17-18-40(21-27(38)12-14-34)32-29-13-16-39(31-11-7-9-24-8-5-6-10-28(24)31)22-30(29)35-33(36-32)41-23-26-19-25(26)20-37(2)3/h4-11,15,25-27H,12-13,16-23H2,1-3H3. The Morgan fingerprint density at radius 3 is 2.73 bits per heavy atom. The molecule has 3 atom stereocenters. The molecule has 8 nitrogen and oxygen atoms in total. The minimum atomic E-state index is 0.133. The van der Waals surface area contributed by atoms with Crippen molar-refractivity contribution in [3.63, 3.8) is 0 Å². The maximum atomic E-state index is 9.54. The van der Waals surface area contributed by atoms with Crippen molar-refractivity contribution in [3.8, 4) is 12.1 Å². The van der Waals surface area contributed by atoms with Gasteiger partial charge in [0.05, 0.1) is 37.4 Å². The Bertz CT molecular complexity index is 1440. The fourth-order valence-electron chi connectivity index (χ4n) is 6.53. The molecule has 3 aromatic rings. The lowest BCUT2D eigenvalue weighted by molar-refractivity contribution is 0.247. The van der Waals surface area contributed by atoms with E-state index in [1.54, 1.807) is 0 Å². The van der Waals surface area contributed by atoms with Crippen LogP contribution in [0.15, 0.2) is 54.7 Å². The summed E-state index contributed by atoms with van der Waals surface area (Å²) in [6, 6.07) is 18.2. The summed E-state index contributed by atoms with van der Waals surface area (Å²) >= 11 is 0. The van der Waals surface area contributed by atoms with Gasteiger partial charge in [-0.25, -0.2) is 0 Å². The molecule has 0 radical (unpaired) electrons. The van der Waals surface area contributed by atoms with E-state index in [9.17, 15) is 5.26 Å². The Morgan fingerprint density at radius 1 is 1.05 bits per heavy atom. The van der Waals surface area contributed by atoms with Crippen molar-refractivity contribution >= 4 is 22.3 Å². The van der Waals surface area contributed by atoms with Crippen LogP contribution in [0.2, 0.25) is 0 Å². The Balaban J connectivity index is 1.29. The van der Waals surface area contributed by atoms with Gasteiger partial charge in [0.1, 0.15) is 5.82 Å². The molecule has 3 heterocycles. The van der Waals surface area contributed by atoms with Gasteiger partial charge in [-0.3, -0.25) is 0 Å². The summed E-state index contributed by atoms with van der Waals surface area (Å²) in [6.07, 6.45) is 6.74. The summed E-state index contributed by atoms with van der Waals surface area (Å²) < 4.78 is 6.32. The van der Waals surface area contributed by atoms with Gasteiger partial charge < -0.3 is 24.3 Å². The fraction of sp³-hybridized carbons (Fsp3) is 0.485. The summed E-state index contributed by atoms with van der Waals surface area (Å²) in [4.78, 5) is 19.4. The summed E-state index contributed by atoms with van der Waals surface area (Å²) in [6.45, 7) is 7.91. The molecular weight excluding hydrogens is 510 g/mol. The van der Waals surface area contributed by atoms with Gasteiger partial charge in [0.2, 0.25) is 0 Å². The van der Waals surface area contributed by atoms with E-state index in [-0.39, 0.29) is 6.04 Å². The van der Waals surface area contributed by atoms with Crippen LogP contribution in [-0.4, -0.2) is 79.2 Å². The SMILES string of the molecule is CC=CN1CCN(c2nc(OCC3CC3CN(C)C)nc3c2CCN(c2cccc4ccccc24)C3)CC1CC#N. The van der Waals surface area contributed by atoms with Gasteiger partial charge in [0.15, 0.2) is 0 Å². The number of nitriles is 1. The topological polar surface area (TPSA) is 71.8 Å². The smallest absolute Gasteiger partial charge is 0.318 e. The lowest BCUT2D eigenvalue weighted by Crippen LogP contribution is -2.51. The van der Waals surface area contributed by atoms with Gasteiger partial charge in [-0.1, -0.05) is 42.5 Å². The highest BCUT2D eigenvalue weighted by Crippen LogP contribution is 2.39. The van der Waals surface area contributed by atoms with Gasteiger partial charge >= 0.3 is 6.01 Å². The largest absolute Gasteiger partial charge is 0.463 e. The Hall–Kier alpha value is -3.83. The van der Waals surface area contributed by atoms with E-state index >= 15 is 0 Å². The van der Waals surface area contributed by atoms with Crippen LogP contribution in [0.3, 0.4) is 0 Å². The van der Waals surface area contributed by atoms with Gasteiger partial charge in [0, 0.05) is 49.4 Å². The molecule has 1 aromatic heterocycles. The van der Waals surface area contributed by atoms with Crippen LogP contribution in [0.5, 0.6) is 6.01 Å². The molecule has 2 fully saturated rings. The number of benzene rings is 2. The van der Waals surface area contributed by atoms with E-state index in [0.29, 0.717) is 30.9 Å². The molecule has 8 heteroatoms. The number of aromatic nitrogens is 2. The van der Waals surface area contributed by atoms with E-state index in [4.69, 9.17) is 14.7 Å². The Kier molecular flexibility index (Phi) is 7.97. The highest BCUT2D eigenvalue weighted by molar-refractivity contribution is 5.94. The summed E-state index contributed by atoms with van der Waals surface area (Å²) in [5.41, 5.74) is 3.52. The molecule has 2 aromatic carbocycles. The first kappa shape index (κ1) is 27.3. The average molecular weight is 552 g/mol. The number of allylic oxidation sites excluding steroid dienone is 1. The highest BCUT2D eigenvalue weighted by Gasteiger charge is 2.38. The molecule has 0 N–H and O–H groups in total. The monoisotopic (exact) mass is 551 g/mol. The number of hydrogen-bond donors (Lipinski definition) is 0. The Labute approximate surface area is 243 Å². The van der Waals surface area contributed by atoms with Crippen molar-refractivity contribution < 1.29 is 4.74 Å². The molecule has 6 rings (SSSR count). The number of hydrogen-bond acceptors (Lipinski definition) is 8. The molecule has 1 saturated heterocycles. The molecule has 2 aliphatic heterocycles. The molecule has 0 spiro atoms. The van der Waals surface area contributed by atoms with Crippen LogP contribution in [0.25, 0.3) is 10.8 Å². The van der Waals surface area contributed by atoms with Crippen molar-refractivity contribution in [2.24, 2.45) is 11.8 Å². The third-order valence-corrected chi connectivity index (χ3v) is 8.72. The van der Waals surface area contributed by atoms with E-state index in [1.165, 1.54) is 28.4 Å². The number of nitrogens with zero attached hydrogens (tertiary/aromatic N) is 7. The van der Waals surface area contributed by atoms with Crippen LogP contribution >= 0.6 is 0 Å². The molecule has 1 saturated carbocycles. The van der Waals surface area contributed by atoms with Crippen LogP contribution in [0.4, 0.5) is 11.5 Å². The van der Waals surface area contributed by atoms with Gasteiger partial charge in [-0.15, -0.1) is 0 Å². The quantitative estimate of drug-likeness (QED) is 0.379. The average Bonchev–Trinajstić information content (AvgIpc) is 3.73. The Morgan fingerprint density at radius 2 is 1.90 bits per heavy atom. The summed E-state index contributed by atoms with van der Waals surface area (Å²) in [7, 11) is 4.26. The normalized spacial score (nSPS) is 22.3. The van der Waals surface area contributed by atoms with Crippen molar-refractivity contribution in [2.45, 2.75) is 38.8 Å². The number of piperazine rings is 1. The van der Waals surface area contributed by atoms with Crippen LogP contribution < -0.4 is 14.5 Å². The summed E-state index contributed by atoms with van der Waals surface area (Å²) in [5, 5.41) is 12.1. The predicted octanol–water partition coefficient (Wildman–Crippen LogP) is 4.71. The number of ether oxygens (including phenoxy) is 1. The summed E-state index contributed by atoms with van der Waals surface area (Å²) in [5.74, 6) is 2.25. The first-order valence-corrected chi connectivity index (χ1v) is 14.9. The van der Waals surface area contributed by atoms with E-state index in [2.05, 4.69) is 94.5 Å². The second-order valence-electron chi connectivity index (χ2n) is 11.9. The fourth-order valence-corrected chi connectivity index (χ4v) is 6.53. The van der Waals surface area contributed by atoms with Gasteiger partial charge in [0.25, 0.3) is 0 Å². The zero-order valence-electron chi connectivity index (χ0n) is 24.5. The molecule has 214 valence electrons. The molecule has 0 amide bonds. The first-order chi connectivity index (χ1) is 20.0.